The van der Waals surface area contributed by atoms with Gasteiger partial charge in [0.25, 0.3) is 0 Å². The van der Waals surface area contributed by atoms with E-state index in [1.54, 1.807) is 11.8 Å². The zero-order valence-electron chi connectivity index (χ0n) is 11.3. The Morgan fingerprint density at radius 2 is 1.80 bits per heavy atom. The van der Waals surface area contributed by atoms with Crippen LogP contribution >= 0.6 is 11.8 Å². The van der Waals surface area contributed by atoms with Crippen LogP contribution in [0.2, 0.25) is 0 Å². The van der Waals surface area contributed by atoms with Crippen molar-refractivity contribution in [3.63, 3.8) is 0 Å². The molecule has 2 aromatic rings. The summed E-state index contributed by atoms with van der Waals surface area (Å²) in [5.41, 5.74) is 7.36. The van der Waals surface area contributed by atoms with Gasteiger partial charge in [0.1, 0.15) is 0 Å². The van der Waals surface area contributed by atoms with Gasteiger partial charge in [-0.1, -0.05) is 41.6 Å². The summed E-state index contributed by atoms with van der Waals surface area (Å²) in [6, 6.07) is 16.0. The van der Waals surface area contributed by atoms with Crippen LogP contribution in [0.3, 0.4) is 0 Å². The summed E-state index contributed by atoms with van der Waals surface area (Å²) < 4.78 is 4.52. The first kappa shape index (κ1) is 14.3. The van der Waals surface area contributed by atoms with Gasteiger partial charge in [0.05, 0.1) is 12.8 Å². The molecular weight excluding hydrogens is 272 g/mol. The number of rotatable bonds is 4. The smallest absolute Gasteiger partial charge is 0.425 e. The lowest BCUT2D eigenvalue weighted by atomic mass is 10.2. The molecule has 0 aliphatic carbocycles. The van der Waals surface area contributed by atoms with Crippen molar-refractivity contribution in [1.29, 1.82) is 0 Å². The Bertz CT molecular complexity index is 585. The summed E-state index contributed by atoms with van der Waals surface area (Å²) in [6.45, 7) is 2.06. The van der Waals surface area contributed by atoms with Gasteiger partial charge in [0.15, 0.2) is 0 Å². The summed E-state index contributed by atoms with van der Waals surface area (Å²) >= 11 is 1.63. The number of nitrogens with one attached hydrogen (secondary N) is 2. The molecule has 4 nitrogen and oxygen atoms in total. The Hall–Kier alpha value is -2.14. The Kier molecular flexibility index (Phi) is 4.90. The average molecular weight is 288 g/mol. The van der Waals surface area contributed by atoms with Crippen LogP contribution in [-0.4, -0.2) is 13.2 Å². The van der Waals surface area contributed by atoms with Crippen LogP contribution in [0.25, 0.3) is 0 Å². The molecule has 0 aliphatic heterocycles. The minimum absolute atomic E-state index is 0.528. The highest BCUT2D eigenvalue weighted by atomic mass is 32.2. The third-order valence-electron chi connectivity index (χ3n) is 2.62. The maximum atomic E-state index is 11.1. The molecule has 0 saturated carbocycles. The van der Waals surface area contributed by atoms with E-state index in [-0.39, 0.29) is 0 Å². The van der Waals surface area contributed by atoms with E-state index in [0.29, 0.717) is 0 Å². The molecule has 0 atom stereocenters. The standard InChI is InChI=1S/C15H16N2O2S/c1-11-7-9-12(10-8-11)20-14-6-4-3-5-13(14)16-17-15(18)19-2/h3-10,16H,1-2H3,(H,17,18). The maximum Gasteiger partial charge on any atom is 0.425 e. The summed E-state index contributed by atoms with van der Waals surface area (Å²) in [5.74, 6) is 0. The molecule has 2 rings (SSSR count). The number of carbonyl (C=O) groups is 1. The van der Waals surface area contributed by atoms with E-state index in [9.17, 15) is 4.79 Å². The molecule has 5 heteroatoms. The van der Waals surface area contributed by atoms with Crippen molar-refractivity contribution in [2.75, 3.05) is 12.5 Å². The van der Waals surface area contributed by atoms with Crippen molar-refractivity contribution in [1.82, 2.24) is 5.43 Å². The van der Waals surface area contributed by atoms with Crippen molar-refractivity contribution >= 4 is 23.5 Å². The molecule has 2 aromatic carbocycles. The monoisotopic (exact) mass is 288 g/mol. The van der Waals surface area contributed by atoms with Crippen LogP contribution in [0.1, 0.15) is 5.56 Å². The fraction of sp³-hybridized carbons (Fsp3) is 0.133. The fourth-order valence-electron chi connectivity index (χ4n) is 1.56. The summed E-state index contributed by atoms with van der Waals surface area (Å²) in [5, 5.41) is 0. The van der Waals surface area contributed by atoms with Crippen LogP contribution < -0.4 is 10.9 Å². The molecule has 0 spiro atoms. The normalized spacial score (nSPS) is 9.90. The molecule has 0 bridgehead atoms. The Morgan fingerprint density at radius 3 is 2.50 bits per heavy atom. The molecule has 104 valence electrons. The number of para-hydroxylation sites is 1. The number of methoxy groups -OCH3 is 1. The third-order valence-corrected chi connectivity index (χ3v) is 3.70. The quantitative estimate of drug-likeness (QED) is 0.840. The van der Waals surface area contributed by atoms with Gasteiger partial charge in [-0.05, 0) is 31.2 Å². The molecule has 2 N–H and O–H groups in total. The van der Waals surface area contributed by atoms with Crippen molar-refractivity contribution in [3.05, 3.63) is 54.1 Å². The second-order valence-corrected chi connectivity index (χ2v) is 5.27. The molecule has 1 amide bonds. The van der Waals surface area contributed by atoms with Gasteiger partial charge in [-0.2, -0.15) is 0 Å². The number of hydrazine groups is 1. The highest BCUT2D eigenvalue weighted by molar-refractivity contribution is 7.99. The lowest BCUT2D eigenvalue weighted by Gasteiger charge is -2.12. The highest BCUT2D eigenvalue weighted by Gasteiger charge is 2.05. The maximum absolute atomic E-state index is 11.1. The van der Waals surface area contributed by atoms with Crippen LogP contribution in [0.5, 0.6) is 0 Å². The van der Waals surface area contributed by atoms with Gasteiger partial charge in [-0.15, -0.1) is 0 Å². The van der Waals surface area contributed by atoms with Gasteiger partial charge in [0, 0.05) is 9.79 Å². The molecule has 0 radical (unpaired) electrons. The van der Waals surface area contributed by atoms with Gasteiger partial charge in [-0.3, -0.25) is 5.43 Å². The minimum Gasteiger partial charge on any atom is -0.452 e. The van der Waals surface area contributed by atoms with Crippen LogP contribution in [0.15, 0.2) is 58.3 Å². The van der Waals surface area contributed by atoms with E-state index in [0.717, 1.165) is 15.5 Å². The highest BCUT2D eigenvalue weighted by Crippen LogP contribution is 2.33. The number of ether oxygens (including phenoxy) is 1. The number of anilines is 1. The number of hydrogen-bond donors (Lipinski definition) is 2. The molecular formula is C15H16N2O2S. The first-order valence-electron chi connectivity index (χ1n) is 6.12. The molecule has 20 heavy (non-hydrogen) atoms. The van der Waals surface area contributed by atoms with Crippen LogP contribution in [0.4, 0.5) is 10.5 Å². The van der Waals surface area contributed by atoms with Crippen molar-refractivity contribution in [2.24, 2.45) is 0 Å². The van der Waals surface area contributed by atoms with Gasteiger partial charge >= 0.3 is 6.09 Å². The number of hydrogen-bond acceptors (Lipinski definition) is 4. The van der Waals surface area contributed by atoms with E-state index in [4.69, 9.17) is 0 Å². The van der Waals surface area contributed by atoms with E-state index >= 15 is 0 Å². The minimum atomic E-state index is -0.528. The predicted octanol–water partition coefficient (Wildman–Crippen LogP) is 3.83. The summed E-state index contributed by atoms with van der Waals surface area (Å²) in [7, 11) is 1.32. The molecule has 0 fully saturated rings. The van der Waals surface area contributed by atoms with Gasteiger partial charge in [0.2, 0.25) is 0 Å². The van der Waals surface area contributed by atoms with Gasteiger partial charge < -0.3 is 4.74 Å². The van der Waals surface area contributed by atoms with E-state index in [1.807, 2.05) is 24.3 Å². The van der Waals surface area contributed by atoms with Crippen LogP contribution in [-0.2, 0) is 4.74 Å². The van der Waals surface area contributed by atoms with Gasteiger partial charge in [-0.25, -0.2) is 10.2 Å². The summed E-state index contributed by atoms with van der Waals surface area (Å²) in [4.78, 5) is 13.3. The van der Waals surface area contributed by atoms with Crippen molar-refractivity contribution < 1.29 is 9.53 Å². The second kappa shape index (κ2) is 6.86. The predicted molar refractivity (Wildman–Crippen MR) is 80.9 cm³/mol. The zero-order chi connectivity index (χ0) is 14.4. The lowest BCUT2D eigenvalue weighted by Crippen LogP contribution is -2.29. The van der Waals surface area contributed by atoms with E-state index < -0.39 is 6.09 Å². The van der Waals surface area contributed by atoms with Crippen LogP contribution in [0, 0.1) is 6.92 Å². The molecule has 0 saturated heterocycles. The molecule has 0 unspecified atom stereocenters. The molecule has 0 aromatic heterocycles. The largest absolute Gasteiger partial charge is 0.452 e. The van der Waals surface area contributed by atoms with E-state index in [2.05, 4.69) is 46.8 Å². The Balaban J connectivity index is 2.11. The fourth-order valence-corrected chi connectivity index (χ4v) is 2.46. The number of aryl methyl sites for hydroxylation is 1. The van der Waals surface area contributed by atoms with Crippen molar-refractivity contribution in [3.8, 4) is 0 Å². The zero-order valence-corrected chi connectivity index (χ0v) is 12.2. The van der Waals surface area contributed by atoms with E-state index in [1.165, 1.54) is 12.7 Å². The number of benzene rings is 2. The lowest BCUT2D eigenvalue weighted by molar-refractivity contribution is 0.173. The third kappa shape index (κ3) is 3.93. The van der Waals surface area contributed by atoms with Crippen molar-refractivity contribution in [2.45, 2.75) is 16.7 Å². The average Bonchev–Trinajstić information content (AvgIpc) is 2.48. The second-order valence-electron chi connectivity index (χ2n) is 4.15. The first-order chi connectivity index (χ1) is 9.69. The summed E-state index contributed by atoms with van der Waals surface area (Å²) in [6.07, 6.45) is -0.528. The molecule has 0 heterocycles. The number of amides is 1. The Labute approximate surface area is 122 Å². The topological polar surface area (TPSA) is 50.4 Å². The Morgan fingerprint density at radius 1 is 1.10 bits per heavy atom. The first-order valence-corrected chi connectivity index (χ1v) is 6.94. The SMILES string of the molecule is COC(=O)NNc1ccccc1Sc1ccc(C)cc1. The number of carbonyl (C=O) groups excluding carboxylic acids is 1. The molecule has 0 aliphatic rings.